The standard InChI is InChI=1S/C44H24N4O/c1-45-28-20-24-39-35(26-28)32-11-4-7-16-38(32)48(39)43-30(13-9-14-36(43)46-2)27-18-21-29(22-19-27)47-37-15-6-3-10-31(37)33-23-25-41-42(44(33)47)34-12-5-8-17-40(34)49-41/h3-26H. The molecule has 10 rings (SSSR count). The van der Waals surface area contributed by atoms with Crippen LogP contribution in [0.2, 0.25) is 0 Å². The van der Waals surface area contributed by atoms with Gasteiger partial charge < -0.3 is 13.6 Å². The van der Waals surface area contributed by atoms with Gasteiger partial charge >= 0.3 is 0 Å². The number of fused-ring (bicyclic) bond motifs is 10. The van der Waals surface area contributed by atoms with Crippen molar-refractivity contribution in [3.05, 3.63) is 168 Å². The van der Waals surface area contributed by atoms with Crippen molar-refractivity contribution in [3.8, 4) is 22.5 Å². The Hall–Kier alpha value is -7.08. The first-order valence-corrected chi connectivity index (χ1v) is 16.1. The minimum Gasteiger partial charge on any atom is -0.456 e. The quantitative estimate of drug-likeness (QED) is 0.180. The number of nitrogens with zero attached hydrogens (tertiary/aromatic N) is 4. The van der Waals surface area contributed by atoms with E-state index in [4.69, 9.17) is 17.6 Å². The van der Waals surface area contributed by atoms with E-state index >= 15 is 0 Å². The number of aromatic nitrogens is 2. The van der Waals surface area contributed by atoms with Gasteiger partial charge in [-0.2, -0.15) is 0 Å². The molecule has 5 nitrogen and oxygen atoms in total. The summed E-state index contributed by atoms with van der Waals surface area (Å²) in [5.74, 6) is 0. The van der Waals surface area contributed by atoms with Gasteiger partial charge in [0.15, 0.2) is 5.69 Å². The third-order valence-corrected chi connectivity index (χ3v) is 9.76. The van der Waals surface area contributed by atoms with Crippen molar-refractivity contribution in [2.45, 2.75) is 0 Å². The molecule has 3 aromatic heterocycles. The number of hydrogen-bond donors (Lipinski definition) is 0. The summed E-state index contributed by atoms with van der Waals surface area (Å²) in [6.45, 7) is 15.8. The second-order valence-corrected chi connectivity index (χ2v) is 12.3. The zero-order valence-electron chi connectivity index (χ0n) is 26.1. The summed E-state index contributed by atoms with van der Waals surface area (Å²) in [6, 6.07) is 49.6. The molecule has 7 aromatic carbocycles. The van der Waals surface area contributed by atoms with Crippen molar-refractivity contribution in [3.63, 3.8) is 0 Å². The van der Waals surface area contributed by atoms with E-state index in [0.717, 1.165) is 77.3 Å². The van der Waals surface area contributed by atoms with E-state index in [2.05, 4.69) is 110 Å². The lowest BCUT2D eigenvalue weighted by atomic mass is 10.0. The highest BCUT2D eigenvalue weighted by atomic mass is 16.3. The van der Waals surface area contributed by atoms with E-state index < -0.39 is 0 Å². The summed E-state index contributed by atoms with van der Waals surface area (Å²) >= 11 is 0. The molecule has 0 amide bonds. The summed E-state index contributed by atoms with van der Waals surface area (Å²) in [5.41, 5.74) is 10.9. The highest BCUT2D eigenvalue weighted by Crippen LogP contribution is 2.43. The van der Waals surface area contributed by atoms with Crippen LogP contribution in [0.4, 0.5) is 11.4 Å². The molecule has 0 N–H and O–H groups in total. The van der Waals surface area contributed by atoms with Crippen LogP contribution in [0.5, 0.6) is 0 Å². The van der Waals surface area contributed by atoms with Crippen molar-refractivity contribution in [2.24, 2.45) is 0 Å². The van der Waals surface area contributed by atoms with Gasteiger partial charge in [0.05, 0.1) is 46.3 Å². The number of para-hydroxylation sites is 4. The molecular weight excluding hydrogens is 601 g/mol. The Bertz CT molecular complexity index is 3070. The Morgan fingerprint density at radius 2 is 1.18 bits per heavy atom. The smallest absolute Gasteiger partial charge is 0.211 e. The largest absolute Gasteiger partial charge is 0.456 e. The van der Waals surface area contributed by atoms with Crippen LogP contribution in [0.15, 0.2) is 150 Å². The lowest BCUT2D eigenvalue weighted by Gasteiger charge is -2.17. The van der Waals surface area contributed by atoms with Gasteiger partial charge in [-0.3, -0.25) is 0 Å². The second-order valence-electron chi connectivity index (χ2n) is 12.3. The SMILES string of the molecule is [C-]#[N+]c1ccc2c(c1)c1ccccc1n2-c1c([N+]#[C-])cccc1-c1ccc(-n2c3ccccc3c3ccc4oc5ccccc5c4c32)cc1. The Labute approximate surface area is 280 Å². The minimum absolute atomic E-state index is 0.565. The van der Waals surface area contributed by atoms with Crippen LogP contribution in [0.25, 0.3) is 97.7 Å². The first kappa shape index (κ1) is 27.1. The van der Waals surface area contributed by atoms with Gasteiger partial charge in [0.25, 0.3) is 0 Å². The van der Waals surface area contributed by atoms with Gasteiger partial charge in [0.2, 0.25) is 5.69 Å². The molecule has 5 heteroatoms. The molecule has 0 bridgehead atoms. The highest BCUT2D eigenvalue weighted by molar-refractivity contribution is 6.24. The van der Waals surface area contributed by atoms with E-state index in [1.54, 1.807) is 0 Å². The predicted molar refractivity (Wildman–Crippen MR) is 200 cm³/mol. The van der Waals surface area contributed by atoms with Crippen molar-refractivity contribution in [2.75, 3.05) is 0 Å². The van der Waals surface area contributed by atoms with Gasteiger partial charge in [-0.05, 0) is 71.1 Å². The van der Waals surface area contributed by atoms with Gasteiger partial charge in [0.1, 0.15) is 11.2 Å². The highest BCUT2D eigenvalue weighted by Gasteiger charge is 2.21. The Morgan fingerprint density at radius 1 is 0.490 bits per heavy atom. The number of hydrogen-bond acceptors (Lipinski definition) is 1. The van der Waals surface area contributed by atoms with Gasteiger partial charge in [-0.25, -0.2) is 9.69 Å². The van der Waals surface area contributed by atoms with E-state index in [-0.39, 0.29) is 0 Å². The van der Waals surface area contributed by atoms with E-state index in [9.17, 15) is 0 Å². The number of benzene rings is 7. The Kier molecular flexibility index (Phi) is 5.64. The molecule has 226 valence electrons. The van der Waals surface area contributed by atoms with Gasteiger partial charge in [-0.15, -0.1) is 0 Å². The van der Waals surface area contributed by atoms with Crippen LogP contribution >= 0.6 is 0 Å². The van der Waals surface area contributed by atoms with Crippen LogP contribution in [-0.2, 0) is 0 Å². The minimum atomic E-state index is 0.565. The summed E-state index contributed by atoms with van der Waals surface area (Å²) in [5, 5.41) is 6.61. The third kappa shape index (κ3) is 3.79. The first-order valence-electron chi connectivity index (χ1n) is 16.1. The molecule has 0 unspecified atom stereocenters. The zero-order chi connectivity index (χ0) is 32.6. The predicted octanol–water partition coefficient (Wildman–Crippen LogP) is 12.5. The van der Waals surface area contributed by atoms with Crippen molar-refractivity contribution >= 4 is 76.9 Å². The van der Waals surface area contributed by atoms with Crippen molar-refractivity contribution in [1.82, 2.24) is 9.13 Å². The first-order chi connectivity index (χ1) is 24.2. The normalized spacial score (nSPS) is 11.6. The lowest BCUT2D eigenvalue weighted by Crippen LogP contribution is -1.98. The number of rotatable bonds is 3. The molecule has 49 heavy (non-hydrogen) atoms. The summed E-state index contributed by atoms with van der Waals surface area (Å²) in [4.78, 5) is 7.69. The topological polar surface area (TPSA) is 31.7 Å². The molecule has 0 saturated carbocycles. The van der Waals surface area contributed by atoms with Crippen LogP contribution < -0.4 is 0 Å². The van der Waals surface area contributed by atoms with Gasteiger partial charge in [-0.1, -0.05) is 91.0 Å². The molecular formula is C44H24N4O. The van der Waals surface area contributed by atoms with E-state index in [1.165, 1.54) is 10.8 Å². The molecule has 0 spiro atoms. The molecule has 0 aliphatic rings. The third-order valence-electron chi connectivity index (χ3n) is 9.76. The van der Waals surface area contributed by atoms with Crippen LogP contribution in [0, 0.1) is 13.1 Å². The zero-order valence-corrected chi connectivity index (χ0v) is 26.1. The molecule has 0 radical (unpaired) electrons. The molecule has 3 heterocycles. The summed E-state index contributed by atoms with van der Waals surface area (Å²) in [6.07, 6.45) is 0. The average molecular weight is 625 g/mol. The Balaban J connectivity index is 1.22. The van der Waals surface area contributed by atoms with Crippen molar-refractivity contribution < 1.29 is 4.42 Å². The van der Waals surface area contributed by atoms with Gasteiger partial charge in [0, 0.05) is 27.2 Å². The molecule has 0 fully saturated rings. The fourth-order valence-electron chi connectivity index (χ4n) is 7.68. The van der Waals surface area contributed by atoms with Crippen LogP contribution in [0.1, 0.15) is 0 Å². The summed E-state index contributed by atoms with van der Waals surface area (Å²) < 4.78 is 10.8. The van der Waals surface area contributed by atoms with Crippen LogP contribution in [0.3, 0.4) is 0 Å². The number of furan rings is 1. The lowest BCUT2D eigenvalue weighted by molar-refractivity contribution is 0.669. The maximum atomic E-state index is 8.18. The molecule has 0 atom stereocenters. The molecule has 10 aromatic rings. The second kappa shape index (κ2) is 10.2. The summed E-state index contributed by atoms with van der Waals surface area (Å²) in [7, 11) is 0. The molecule has 0 aliphatic carbocycles. The maximum absolute atomic E-state index is 8.18. The van der Waals surface area contributed by atoms with E-state index in [1.807, 2.05) is 54.6 Å². The molecule has 0 aliphatic heterocycles. The molecule has 0 saturated heterocycles. The fraction of sp³-hybridized carbons (Fsp3) is 0. The van der Waals surface area contributed by atoms with E-state index in [0.29, 0.717) is 11.4 Å². The van der Waals surface area contributed by atoms with Crippen LogP contribution in [-0.4, -0.2) is 9.13 Å². The van der Waals surface area contributed by atoms with Crippen molar-refractivity contribution in [1.29, 1.82) is 0 Å². The monoisotopic (exact) mass is 624 g/mol. The Morgan fingerprint density at radius 3 is 1.96 bits per heavy atom. The average Bonchev–Trinajstić information content (AvgIpc) is 3.82. The fourth-order valence-corrected chi connectivity index (χ4v) is 7.68. The maximum Gasteiger partial charge on any atom is 0.211 e.